The van der Waals surface area contributed by atoms with Crippen LogP contribution in [0.2, 0.25) is 0 Å². The van der Waals surface area contributed by atoms with Crippen LogP contribution in [0.3, 0.4) is 0 Å². The SMILES string of the molecule is O=C=NC1(c2ccnc(C=O)c2)CCCCC1. The van der Waals surface area contributed by atoms with Crippen LogP contribution in [0.5, 0.6) is 0 Å². The van der Waals surface area contributed by atoms with Gasteiger partial charge in [-0.15, -0.1) is 0 Å². The largest absolute Gasteiger partial charge is 0.296 e. The van der Waals surface area contributed by atoms with E-state index in [1.165, 1.54) is 6.42 Å². The van der Waals surface area contributed by atoms with Crippen molar-refractivity contribution in [3.63, 3.8) is 0 Å². The summed E-state index contributed by atoms with van der Waals surface area (Å²) in [6.45, 7) is 0. The van der Waals surface area contributed by atoms with Crippen molar-refractivity contribution in [2.45, 2.75) is 37.6 Å². The van der Waals surface area contributed by atoms with Crippen molar-refractivity contribution >= 4 is 12.4 Å². The van der Waals surface area contributed by atoms with Gasteiger partial charge in [-0.05, 0) is 30.5 Å². The summed E-state index contributed by atoms with van der Waals surface area (Å²) in [6.07, 6.45) is 8.92. The number of aliphatic imine (C=N–C) groups is 1. The predicted octanol–water partition coefficient (Wildman–Crippen LogP) is 2.39. The second-order valence-corrected chi connectivity index (χ2v) is 4.38. The Kier molecular flexibility index (Phi) is 3.45. The average molecular weight is 230 g/mol. The Morgan fingerprint density at radius 3 is 2.76 bits per heavy atom. The van der Waals surface area contributed by atoms with Crippen molar-refractivity contribution < 1.29 is 9.59 Å². The number of rotatable bonds is 3. The molecule has 88 valence electrons. The molecule has 1 heterocycles. The van der Waals surface area contributed by atoms with E-state index in [-0.39, 0.29) is 0 Å². The van der Waals surface area contributed by atoms with Gasteiger partial charge in [-0.2, -0.15) is 4.99 Å². The normalized spacial score (nSPS) is 18.1. The quantitative estimate of drug-likeness (QED) is 0.455. The van der Waals surface area contributed by atoms with E-state index >= 15 is 0 Å². The molecule has 1 aliphatic rings. The molecule has 1 fully saturated rings. The van der Waals surface area contributed by atoms with Gasteiger partial charge < -0.3 is 0 Å². The maximum Gasteiger partial charge on any atom is 0.235 e. The average Bonchev–Trinajstić information content (AvgIpc) is 2.40. The fourth-order valence-corrected chi connectivity index (χ4v) is 2.49. The number of aldehydes is 1. The van der Waals surface area contributed by atoms with Crippen LogP contribution >= 0.6 is 0 Å². The maximum atomic E-state index is 10.7. The summed E-state index contributed by atoms with van der Waals surface area (Å²) in [5, 5.41) is 0. The summed E-state index contributed by atoms with van der Waals surface area (Å²) < 4.78 is 0. The first-order valence-corrected chi connectivity index (χ1v) is 5.81. The van der Waals surface area contributed by atoms with Crippen molar-refractivity contribution in [3.05, 3.63) is 29.6 Å². The lowest BCUT2D eigenvalue weighted by atomic mass is 9.77. The highest BCUT2D eigenvalue weighted by Crippen LogP contribution is 2.40. The Morgan fingerprint density at radius 2 is 2.12 bits per heavy atom. The highest BCUT2D eigenvalue weighted by molar-refractivity contribution is 5.72. The van der Waals surface area contributed by atoms with Gasteiger partial charge in [0.25, 0.3) is 0 Å². The lowest BCUT2D eigenvalue weighted by Gasteiger charge is -2.32. The van der Waals surface area contributed by atoms with E-state index in [4.69, 9.17) is 0 Å². The third-order valence-electron chi connectivity index (χ3n) is 3.38. The monoisotopic (exact) mass is 230 g/mol. The second kappa shape index (κ2) is 5.02. The van der Waals surface area contributed by atoms with Crippen molar-refractivity contribution in [2.75, 3.05) is 0 Å². The molecule has 17 heavy (non-hydrogen) atoms. The van der Waals surface area contributed by atoms with Crippen LogP contribution in [0.1, 0.15) is 48.2 Å². The lowest BCUT2D eigenvalue weighted by molar-refractivity contribution is 0.111. The van der Waals surface area contributed by atoms with Crippen LogP contribution in [-0.2, 0) is 10.3 Å². The molecule has 4 heteroatoms. The molecular formula is C13H14N2O2. The van der Waals surface area contributed by atoms with E-state index < -0.39 is 5.54 Å². The van der Waals surface area contributed by atoms with Crippen molar-refractivity contribution in [3.8, 4) is 0 Å². The van der Waals surface area contributed by atoms with Gasteiger partial charge in [-0.1, -0.05) is 19.3 Å². The molecule has 0 radical (unpaired) electrons. The van der Waals surface area contributed by atoms with Crippen LogP contribution in [0.4, 0.5) is 0 Å². The number of isocyanates is 1. The van der Waals surface area contributed by atoms with Crippen molar-refractivity contribution in [2.24, 2.45) is 4.99 Å². The highest BCUT2D eigenvalue weighted by Gasteiger charge is 2.33. The van der Waals surface area contributed by atoms with Gasteiger partial charge in [-0.3, -0.25) is 9.78 Å². The van der Waals surface area contributed by atoms with Gasteiger partial charge in [0.15, 0.2) is 6.29 Å². The van der Waals surface area contributed by atoms with Gasteiger partial charge in [0.1, 0.15) is 5.69 Å². The van der Waals surface area contributed by atoms with Gasteiger partial charge in [0.05, 0.1) is 5.54 Å². The fourth-order valence-electron chi connectivity index (χ4n) is 2.49. The molecule has 1 aliphatic carbocycles. The van der Waals surface area contributed by atoms with Crippen molar-refractivity contribution in [1.29, 1.82) is 0 Å². The predicted molar refractivity (Wildman–Crippen MR) is 62.5 cm³/mol. The topological polar surface area (TPSA) is 59.4 Å². The summed E-state index contributed by atoms with van der Waals surface area (Å²) in [5.41, 5.74) is 0.798. The van der Waals surface area contributed by atoms with Gasteiger partial charge in [-0.25, -0.2) is 4.79 Å². The van der Waals surface area contributed by atoms with Crippen LogP contribution in [0.15, 0.2) is 23.3 Å². The first kappa shape index (κ1) is 11.7. The van der Waals surface area contributed by atoms with Gasteiger partial charge in [0, 0.05) is 6.20 Å². The van der Waals surface area contributed by atoms with E-state index in [1.807, 2.05) is 6.07 Å². The summed E-state index contributed by atoms with van der Waals surface area (Å²) >= 11 is 0. The van der Waals surface area contributed by atoms with E-state index in [0.29, 0.717) is 12.0 Å². The Bertz CT molecular complexity index is 458. The van der Waals surface area contributed by atoms with Crippen molar-refractivity contribution in [1.82, 2.24) is 4.98 Å². The summed E-state index contributed by atoms with van der Waals surface area (Å²) in [7, 11) is 0. The standard InChI is InChI=1S/C13H14N2O2/c16-9-12-8-11(4-7-14-12)13(15-10-17)5-2-1-3-6-13/h4,7-9H,1-3,5-6H2. The number of hydrogen-bond donors (Lipinski definition) is 0. The van der Waals surface area contributed by atoms with Crippen LogP contribution < -0.4 is 0 Å². The molecule has 0 bridgehead atoms. The minimum absolute atomic E-state index is 0.383. The molecule has 0 amide bonds. The molecule has 0 aliphatic heterocycles. The Labute approximate surface area is 99.8 Å². The second-order valence-electron chi connectivity index (χ2n) is 4.38. The maximum absolute atomic E-state index is 10.7. The molecule has 0 aromatic carbocycles. The number of carbonyl (C=O) groups excluding carboxylic acids is 2. The molecule has 0 atom stereocenters. The highest BCUT2D eigenvalue weighted by atomic mass is 16.1. The number of carbonyl (C=O) groups is 1. The molecule has 0 N–H and O–H groups in total. The third-order valence-corrected chi connectivity index (χ3v) is 3.38. The molecule has 1 aromatic rings. The van der Waals surface area contributed by atoms with Crippen LogP contribution in [0, 0.1) is 0 Å². The summed E-state index contributed by atoms with van der Waals surface area (Å²) in [6, 6.07) is 3.55. The van der Waals surface area contributed by atoms with Crippen LogP contribution in [-0.4, -0.2) is 17.4 Å². The summed E-state index contributed by atoms with van der Waals surface area (Å²) in [4.78, 5) is 29.3. The molecule has 0 saturated heterocycles. The summed E-state index contributed by atoms with van der Waals surface area (Å²) in [5.74, 6) is 0. The van der Waals surface area contributed by atoms with Gasteiger partial charge in [0.2, 0.25) is 6.08 Å². The first-order valence-electron chi connectivity index (χ1n) is 5.81. The molecule has 2 rings (SSSR count). The molecule has 4 nitrogen and oxygen atoms in total. The zero-order valence-electron chi connectivity index (χ0n) is 9.56. The van der Waals surface area contributed by atoms with Gasteiger partial charge >= 0.3 is 0 Å². The molecular weight excluding hydrogens is 216 g/mol. The Hall–Kier alpha value is -1.80. The van der Waals surface area contributed by atoms with Crippen LogP contribution in [0.25, 0.3) is 0 Å². The number of pyridine rings is 1. The molecule has 0 unspecified atom stereocenters. The van der Waals surface area contributed by atoms with E-state index in [1.54, 1.807) is 18.3 Å². The molecule has 0 spiro atoms. The smallest absolute Gasteiger partial charge is 0.235 e. The first-order chi connectivity index (χ1) is 8.30. The Balaban J connectivity index is 2.44. The minimum Gasteiger partial charge on any atom is -0.296 e. The molecule has 1 aromatic heterocycles. The fraction of sp³-hybridized carbons (Fsp3) is 0.462. The van der Waals surface area contributed by atoms with E-state index in [2.05, 4.69) is 9.98 Å². The number of nitrogens with zero attached hydrogens (tertiary/aromatic N) is 2. The lowest BCUT2D eigenvalue weighted by Crippen LogP contribution is -2.26. The number of hydrogen-bond acceptors (Lipinski definition) is 4. The third kappa shape index (κ3) is 2.32. The zero-order valence-corrected chi connectivity index (χ0v) is 9.56. The zero-order chi connectivity index (χ0) is 12.1. The number of aromatic nitrogens is 1. The Morgan fingerprint density at radius 1 is 1.35 bits per heavy atom. The van der Waals surface area contributed by atoms with E-state index in [9.17, 15) is 9.59 Å². The molecule has 1 saturated carbocycles. The van der Waals surface area contributed by atoms with E-state index in [0.717, 1.165) is 31.2 Å². The minimum atomic E-state index is -0.485.